The highest BCUT2D eigenvalue weighted by Gasteiger charge is 2.16. The van der Waals surface area contributed by atoms with Crippen LogP contribution < -0.4 is 9.64 Å². The number of hydrogen-bond donors (Lipinski definition) is 0. The fourth-order valence-electron chi connectivity index (χ4n) is 4.04. The molecule has 1 aliphatic heterocycles. The third-order valence-corrected chi connectivity index (χ3v) is 5.72. The van der Waals surface area contributed by atoms with Crippen LogP contribution in [0.3, 0.4) is 0 Å². The highest BCUT2D eigenvalue weighted by atomic mass is 19.3. The largest absolute Gasteiger partial charge is 0.434 e. The van der Waals surface area contributed by atoms with Gasteiger partial charge in [-0.15, -0.1) is 0 Å². The zero-order valence-electron chi connectivity index (χ0n) is 18.1. The Morgan fingerprint density at radius 1 is 1.03 bits per heavy atom. The van der Waals surface area contributed by atoms with Gasteiger partial charge >= 0.3 is 6.61 Å². The molecule has 0 aliphatic carbocycles. The van der Waals surface area contributed by atoms with Crippen LogP contribution in [0.25, 0.3) is 22.2 Å². The highest BCUT2D eigenvalue weighted by molar-refractivity contribution is 5.82. The number of rotatable bonds is 6. The van der Waals surface area contributed by atoms with Gasteiger partial charge in [-0.25, -0.2) is 15.0 Å². The first kappa shape index (κ1) is 21.3. The SMILES string of the molecule is Cc1nc2ccc(-c3cnc(N4CCOCC4)nc3)cc2n1Cc1ccccc1OC(F)F. The Labute approximate surface area is 189 Å². The molecule has 1 saturated heterocycles. The van der Waals surface area contributed by atoms with Gasteiger partial charge < -0.3 is 18.9 Å². The molecule has 1 fully saturated rings. The number of alkyl halides is 2. The van der Waals surface area contributed by atoms with Gasteiger partial charge in [0.1, 0.15) is 11.6 Å². The normalized spacial score (nSPS) is 14.2. The number of aromatic nitrogens is 4. The van der Waals surface area contributed by atoms with Crippen molar-refractivity contribution in [1.29, 1.82) is 0 Å². The number of fused-ring (bicyclic) bond motifs is 1. The molecular weight excluding hydrogens is 428 g/mol. The van der Waals surface area contributed by atoms with Crippen LogP contribution in [0.2, 0.25) is 0 Å². The summed E-state index contributed by atoms with van der Waals surface area (Å²) in [5.41, 5.74) is 4.22. The Kier molecular flexibility index (Phi) is 5.87. The molecule has 170 valence electrons. The van der Waals surface area contributed by atoms with Crippen molar-refractivity contribution in [1.82, 2.24) is 19.5 Å². The molecule has 0 N–H and O–H groups in total. The Morgan fingerprint density at radius 2 is 1.79 bits per heavy atom. The minimum atomic E-state index is -2.88. The van der Waals surface area contributed by atoms with Gasteiger partial charge in [-0.3, -0.25) is 0 Å². The van der Waals surface area contributed by atoms with E-state index in [1.807, 2.05) is 42.1 Å². The highest BCUT2D eigenvalue weighted by Crippen LogP contribution is 2.28. The maximum atomic E-state index is 12.8. The molecule has 7 nitrogen and oxygen atoms in total. The van der Waals surface area contributed by atoms with Crippen molar-refractivity contribution in [3.8, 4) is 16.9 Å². The molecule has 4 aromatic rings. The Hall–Kier alpha value is -3.59. The summed E-state index contributed by atoms with van der Waals surface area (Å²) in [6, 6.07) is 12.8. The Balaban J connectivity index is 1.46. The molecule has 33 heavy (non-hydrogen) atoms. The fraction of sp³-hybridized carbons (Fsp3) is 0.292. The molecule has 5 rings (SSSR count). The Bertz CT molecular complexity index is 1250. The fourth-order valence-corrected chi connectivity index (χ4v) is 4.04. The van der Waals surface area contributed by atoms with Crippen molar-refractivity contribution >= 4 is 17.0 Å². The van der Waals surface area contributed by atoms with E-state index in [-0.39, 0.29) is 5.75 Å². The second-order valence-electron chi connectivity index (χ2n) is 7.81. The number of nitrogens with zero attached hydrogens (tertiary/aromatic N) is 5. The van der Waals surface area contributed by atoms with Gasteiger partial charge in [0.25, 0.3) is 0 Å². The molecule has 0 bridgehead atoms. The number of anilines is 1. The summed E-state index contributed by atoms with van der Waals surface area (Å²) in [5.74, 6) is 1.64. The molecule has 3 heterocycles. The summed E-state index contributed by atoms with van der Waals surface area (Å²) < 4.78 is 37.8. The minimum absolute atomic E-state index is 0.164. The molecule has 0 atom stereocenters. The number of benzene rings is 2. The molecule has 0 spiro atoms. The van der Waals surface area contributed by atoms with E-state index in [0.717, 1.165) is 41.1 Å². The van der Waals surface area contributed by atoms with Crippen LogP contribution in [0.1, 0.15) is 11.4 Å². The maximum Gasteiger partial charge on any atom is 0.387 e. The van der Waals surface area contributed by atoms with Crippen molar-refractivity contribution in [3.05, 3.63) is 66.2 Å². The van der Waals surface area contributed by atoms with Crippen molar-refractivity contribution < 1.29 is 18.3 Å². The van der Waals surface area contributed by atoms with Crippen molar-refractivity contribution in [2.24, 2.45) is 0 Å². The lowest BCUT2D eigenvalue weighted by molar-refractivity contribution is -0.0504. The monoisotopic (exact) mass is 451 g/mol. The number of hydrogen-bond acceptors (Lipinski definition) is 6. The molecule has 0 radical (unpaired) electrons. The minimum Gasteiger partial charge on any atom is -0.434 e. The van der Waals surface area contributed by atoms with E-state index in [2.05, 4.69) is 19.9 Å². The van der Waals surface area contributed by atoms with Gasteiger partial charge in [0, 0.05) is 36.6 Å². The van der Waals surface area contributed by atoms with Gasteiger partial charge in [-0.05, 0) is 30.7 Å². The van der Waals surface area contributed by atoms with E-state index in [0.29, 0.717) is 31.3 Å². The van der Waals surface area contributed by atoms with Gasteiger partial charge in [0.05, 0.1) is 30.8 Å². The molecule has 0 saturated carbocycles. The van der Waals surface area contributed by atoms with Gasteiger partial charge in [-0.2, -0.15) is 8.78 Å². The lowest BCUT2D eigenvalue weighted by Gasteiger charge is -2.26. The van der Waals surface area contributed by atoms with E-state index in [1.165, 1.54) is 0 Å². The molecular formula is C24H23F2N5O2. The standard InChI is InChI=1S/C24H23F2N5O2/c1-16-29-20-7-6-17(19-13-27-24(28-14-19)30-8-10-32-11-9-30)12-21(20)31(16)15-18-4-2-3-5-22(18)33-23(25)26/h2-7,12-14,23H,8-11,15H2,1H3. The zero-order chi connectivity index (χ0) is 22.8. The van der Waals surface area contributed by atoms with E-state index in [9.17, 15) is 8.78 Å². The second kappa shape index (κ2) is 9.11. The lowest BCUT2D eigenvalue weighted by atomic mass is 10.1. The summed E-state index contributed by atoms with van der Waals surface area (Å²) in [6.07, 6.45) is 3.64. The first-order chi connectivity index (χ1) is 16.1. The van der Waals surface area contributed by atoms with Crippen molar-refractivity contribution in [2.45, 2.75) is 20.1 Å². The third kappa shape index (κ3) is 4.49. The van der Waals surface area contributed by atoms with Gasteiger partial charge in [0.2, 0.25) is 5.95 Å². The summed E-state index contributed by atoms with van der Waals surface area (Å²) in [6.45, 7) is 2.30. The third-order valence-electron chi connectivity index (χ3n) is 5.72. The average molecular weight is 451 g/mol. The van der Waals surface area contributed by atoms with E-state index >= 15 is 0 Å². The summed E-state index contributed by atoms with van der Waals surface area (Å²) in [4.78, 5) is 15.8. The predicted octanol–water partition coefficient (Wildman–Crippen LogP) is 4.29. The van der Waals surface area contributed by atoms with Crippen LogP contribution in [-0.4, -0.2) is 52.4 Å². The zero-order valence-corrected chi connectivity index (χ0v) is 18.1. The predicted molar refractivity (Wildman–Crippen MR) is 121 cm³/mol. The van der Waals surface area contributed by atoms with Crippen LogP contribution in [0.4, 0.5) is 14.7 Å². The lowest BCUT2D eigenvalue weighted by Crippen LogP contribution is -2.37. The van der Waals surface area contributed by atoms with Gasteiger partial charge in [-0.1, -0.05) is 24.3 Å². The molecule has 0 unspecified atom stereocenters. The van der Waals surface area contributed by atoms with E-state index in [1.54, 1.807) is 24.3 Å². The number of aryl methyl sites for hydroxylation is 1. The molecule has 2 aromatic carbocycles. The molecule has 9 heteroatoms. The summed E-state index contributed by atoms with van der Waals surface area (Å²) in [7, 11) is 0. The summed E-state index contributed by atoms with van der Waals surface area (Å²) >= 11 is 0. The van der Waals surface area contributed by atoms with Crippen molar-refractivity contribution in [3.63, 3.8) is 0 Å². The first-order valence-corrected chi connectivity index (χ1v) is 10.7. The number of para-hydroxylation sites is 1. The van der Waals surface area contributed by atoms with Crippen LogP contribution in [0.15, 0.2) is 54.9 Å². The maximum absolute atomic E-state index is 12.8. The summed E-state index contributed by atoms with van der Waals surface area (Å²) in [5, 5.41) is 0. The molecule has 1 aliphatic rings. The smallest absolute Gasteiger partial charge is 0.387 e. The number of imidazole rings is 1. The van der Waals surface area contributed by atoms with Gasteiger partial charge in [0.15, 0.2) is 0 Å². The average Bonchev–Trinajstić information content (AvgIpc) is 3.15. The number of morpholine rings is 1. The van der Waals surface area contributed by atoms with Crippen LogP contribution in [0.5, 0.6) is 5.75 Å². The van der Waals surface area contributed by atoms with Crippen LogP contribution in [-0.2, 0) is 11.3 Å². The topological polar surface area (TPSA) is 65.3 Å². The number of ether oxygens (including phenoxy) is 2. The number of halogens is 2. The molecule has 2 aromatic heterocycles. The van der Waals surface area contributed by atoms with Crippen molar-refractivity contribution in [2.75, 3.05) is 31.2 Å². The molecule has 0 amide bonds. The quantitative estimate of drug-likeness (QED) is 0.436. The van der Waals surface area contributed by atoms with E-state index in [4.69, 9.17) is 9.47 Å². The first-order valence-electron chi connectivity index (χ1n) is 10.7. The van der Waals surface area contributed by atoms with Crippen LogP contribution >= 0.6 is 0 Å². The Morgan fingerprint density at radius 3 is 2.55 bits per heavy atom. The van der Waals surface area contributed by atoms with E-state index < -0.39 is 6.61 Å². The second-order valence-corrected chi connectivity index (χ2v) is 7.81. The van der Waals surface area contributed by atoms with Crippen LogP contribution in [0, 0.1) is 6.92 Å².